The highest BCUT2D eigenvalue weighted by atomic mass is 15.2. The van der Waals surface area contributed by atoms with E-state index in [4.69, 9.17) is 0 Å². The van der Waals surface area contributed by atoms with Crippen molar-refractivity contribution in [1.82, 2.24) is 4.57 Å². The minimum Gasteiger partial charge on any atom is -0.333 e. The summed E-state index contributed by atoms with van der Waals surface area (Å²) in [6.45, 7) is 7.14. The van der Waals surface area contributed by atoms with E-state index in [-0.39, 0.29) is 16.9 Å². The number of hydrogen-bond acceptors (Lipinski definition) is 1. The monoisotopic (exact) mass is 616 g/mol. The number of para-hydroxylation sites is 2. The van der Waals surface area contributed by atoms with Gasteiger partial charge in [-0.1, -0.05) is 117 Å². The molecule has 1 aliphatic heterocycles. The lowest BCUT2D eigenvalue weighted by atomic mass is 9.75. The third-order valence-corrected chi connectivity index (χ3v) is 11.4. The normalized spacial score (nSPS) is 19.8. The molecule has 10 rings (SSSR count). The maximum absolute atomic E-state index is 2.58. The average molecular weight is 617 g/mol. The van der Waals surface area contributed by atoms with Gasteiger partial charge in [0.05, 0.1) is 17.1 Å². The summed E-state index contributed by atoms with van der Waals surface area (Å²) in [7, 11) is 0. The Balaban J connectivity index is 1.11. The van der Waals surface area contributed by atoms with Crippen molar-refractivity contribution in [3.63, 3.8) is 0 Å². The molecule has 0 saturated heterocycles. The Morgan fingerprint density at radius 3 is 2.15 bits per heavy atom. The van der Waals surface area contributed by atoms with Crippen molar-refractivity contribution < 1.29 is 0 Å². The van der Waals surface area contributed by atoms with Crippen molar-refractivity contribution in [2.45, 2.75) is 37.6 Å². The van der Waals surface area contributed by atoms with Crippen molar-refractivity contribution >= 4 is 33.2 Å². The summed E-state index contributed by atoms with van der Waals surface area (Å²) in [4.78, 5) is 2.58. The lowest BCUT2D eigenvalue weighted by molar-refractivity contribution is 0.550. The molecule has 7 aromatic rings. The van der Waals surface area contributed by atoms with Crippen LogP contribution in [0.25, 0.3) is 49.7 Å². The van der Waals surface area contributed by atoms with Crippen LogP contribution in [-0.4, -0.2) is 10.6 Å². The third kappa shape index (κ3) is 3.63. The zero-order valence-electron chi connectivity index (χ0n) is 27.5. The molecule has 2 heterocycles. The second-order valence-electron chi connectivity index (χ2n) is 14.4. The van der Waals surface area contributed by atoms with Crippen molar-refractivity contribution in [3.05, 3.63) is 174 Å². The van der Waals surface area contributed by atoms with Gasteiger partial charge in [-0.2, -0.15) is 0 Å². The summed E-state index contributed by atoms with van der Waals surface area (Å²) >= 11 is 0. The standard InChI is InChI=1S/C46H36N2/c1-45(2)38-17-9-7-15-34(38)35-23-22-33(29-39(35)45)48-43-25-21-31(28-40(43)46(3)26-12-11-19-44(46)48)30-20-24-42-37(27-30)36-16-8-10-18-41(36)47(42)32-13-5-4-6-14-32/h4-29,44H,1-3H3. The van der Waals surface area contributed by atoms with E-state index >= 15 is 0 Å². The average Bonchev–Trinajstić information content (AvgIpc) is 3.68. The predicted octanol–water partition coefficient (Wildman–Crippen LogP) is 11.7. The zero-order chi connectivity index (χ0) is 32.2. The van der Waals surface area contributed by atoms with Gasteiger partial charge in [-0.05, 0) is 100 Å². The van der Waals surface area contributed by atoms with Gasteiger partial charge < -0.3 is 9.47 Å². The maximum Gasteiger partial charge on any atom is 0.0655 e. The number of allylic oxidation sites excluding steroid dienone is 2. The van der Waals surface area contributed by atoms with Gasteiger partial charge >= 0.3 is 0 Å². The maximum atomic E-state index is 2.58. The van der Waals surface area contributed by atoms with E-state index in [2.05, 4.69) is 188 Å². The number of hydrogen-bond donors (Lipinski definition) is 0. The SMILES string of the molecule is CC1(C)c2ccccc2-c2ccc(N3c4ccc(-c5ccc6c(c5)c5ccccc5n6-c5ccccc5)cc4C4(C)C=CC=CC34)cc21. The molecule has 0 N–H and O–H groups in total. The molecule has 2 aliphatic carbocycles. The molecule has 230 valence electrons. The first kappa shape index (κ1) is 27.5. The zero-order valence-corrected chi connectivity index (χ0v) is 27.5. The number of benzene rings is 6. The van der Waals surface area contributed by atoms with Crippen LogP contribution in [0.2, 0.25) is 0 Å². The van der Waals surface area contributed by atoms with Crippen LogP contribution in [0.1, 0.15) is 37.5 Å². The molecule has 0 fully saturated rings. The van der Waals surface area contributed by atoms with Gasteiger partial charge in [-0.3, -0.25) is 0 Å². The quantitative estimate of drug-likeness (QED) is 0.192. The molecule has 0 spiro atoms. The van der Waals surface area contributed by atoms with Gasteiger partial charge in [0.1, 0.15) is 0 Å². The van der Waals surface area contributed by atoms with Crippen molar-refractivity contribution in [3.8, 4) is 27.9 Å². The number of nitrogens with zero attached hydrogens (tertiary/aromatic N) is 2. The summed E-state index contributed by atoms with van der Waals surface area (Å²) in [6.07, 6.45) is 9.24. The van der Waals surface area contributed by atoms with Gasteiger partial charge in [0.2, 0.25) is 0 Å². The summed E-state index contributed by atoms with van der Waals surface area (Å²) in [6, 6.07) is 49.8. The topological polar surface area (TPSA) is 8.17 Å². The van der Waals surface area contributed by atoms with E-state index in [9.17, 15) is 0 Å². The fourth-order valence-electron chi connectivity index (χ4n) is 8.98. The van der Waals surface area contributed by atoms with E-state index < -0.39 is 0 Å². The minimum absolute atomic E-state index is 0.0394. The van der Waals surface area contributed by atoms with Crippen LogP contribution in [0.4, 0.5) is 11.4 Å². The van der Waals surface area contributed by atoms with Crippen LogP contribution >= 0.6 is 0 Å². The first-order chi connectivity index (χ1) is 23.4. The molecule has 2 unspecified atom stereocenters. The fraction of sp³-hybridized carbons (Fsp3) is 0.130. The summed E-state index contributed by atoms with van der Waals surface area (Å²) in [5, 5.41) is 2.56. The third-order valence-electron chi connectivity index (χ3n) is 11.4. The van der Waals surface area contributed by atoms with Gasteiger partial charge in [-0.15, -0.1) is 0 Å². The lowest BCUT2D eigenvalue weighted by Gasteiger charge is -2.35. The van der Waals surface area contributed by atoms with Crippen LogP contribution in [-0.2, 0) is 10.8 Å². The summed E-state index contributed by atoms with van der Waals surface area (Å²) in [5.41, 5.74) is 15.4. The molecule has 2 heteroatoms. The molecule has 3 aliphatic rings. The summed E-state index contributed by atoms with van der Waals surface area (Å²) in [5.74, 6) is 0. The van der Waals surface area contributed by atoms with Crippen LogP contribution in [0.15, 0.2) is 158 Å². The highest BCUT2D eigenvalue weighted by Crippen LogP contribution is 2.55. The van der Waals surface area contributed by atoms with Crippen molar-refractivity contribution in [2.24, 2.45) is 0 Å². The van der Waals surface area contributed by atoms with Gasteiger partial charge in [0.25, 0.3) is 0 Å². The van der Waals surface area contributed by atoms with E-state index in [0.717, 1.165) is 0 Å². The molecule has 0 radical (unpaired) electrons. The van der Waals surface area contributed by atoms with Crippen molar-refractivity contribution in [2.75, 3.05) is 4.90 Å². The molecular formula is C46H36N2. The molecule has 0 saturated carbocycles. The van der Waals surface area contributed by atoms with E-state index in [1.807, 2.05) is 0 Å². The molecule has 1 aromatic heterocycles. The van der Waals surface area contributed by atoms with E-state index in [0.29, 0.717) is 0 Å². The highest BCUT2D eigenvalue weighted by molar-refractivity contribution is 6.10. The minimum atomic E-state index is -0.148. The number of anilines is 2. The largest absolute Gasteiger partial charge is 0.333 e. The second kappa shape index (κ2) is 9.71. The molecule has 2 atom stereocenters. The summed E-state index contributed by atoms with van der Waals surface area (Å²) < 4.78 is 2.39. The van der Waals surface area contributed by atoms with Crippen LogP contribution in [0.5, 0.6) is 0 Å². The predicted molar refractivity (Wildman–Crippen MR) is 202 cm³/mol. The van der Waals surface area contributed by atoms with Crippen molar-refractivity contribution in [1.29, 1.82) is 0 Å². The Bertz CT molecular complexity index is 2510. The molecule has 6 aromatic carbocycles. The molecule has 2 nitrogen and oxygen atoms in total. The molecule has 0 amide bonds. The Morgan fingerprint density at radius 1 is 0.521 bits per heavy atom. The molecular weight excluding hydrogens is 581 g/mol. The number of aromatic nitrogens is 1. The smallest absolute Gasteiger partial charge is 0.0655 e. The van der Waals surface area contributed by atoms with E-state index in [1.54, 1.807) is 0 Å². The van der Waals surface area contributed by atoms with Crippen LogP contribution in [0, 0.1) is 0 Å². The molecule has 0 bridgehead atoms. The fourth-order valence-corrected chi connectivity index (χ4v) is 8.98. The van der Waals surface area contributed by atoms with E-state index in [1.165, 1.54) is 77.8 Å². The van der Waals surface area contributed by atoms with Crippen LogP contribution < -0.4 is 4.90 Å². The van der Waals surface area contributed by atoms with Gasteiger partial charge in [0, 0.05) is 38.7 Å². The Labute approximate surface area is 281 Å². The lowest BCUT2D eigenvalue weighted by Crippen LogP contribution is -2.39. The highest BCUT2D eigenvalue weighted by Gasteiger charge is 2.47. The first-order valence-electron chi connectivity index (χ1n) is 17.1. The second-order valence-corrected chi connectivity index (χ2v) is 14.4. The Hall–Kier alpha value is -5.60. The van der Waals surface area contributed by atoms with Gasteiger partial charge in [0.15, 0.2) is 0 Å². The number of fused-ring (bicyclic) bond motifs is 9. The van der Waals surface area contributed by atoms with Crippen LogP contribution in [0.3, 0.4) is 0 Å². The Morgan fingerprint density at radius 2 is 1.25 bits per heavy atom. The number of rotatable bonds is 3. The Kier molecular flexibility index (Phi) is 5.57. The first-order valence-corrected chi connectivity index (χ1v) is 17.1. The molecule has 48 heavy (non-hydrogen) atoms. The van der Waals surface area contributed by atoms with Gasteiger partial charge in [-0.25, -0.2) is 0 Å².